The van der Waals surface area contributed by atoms with Gasteiger partial charge in [0, 0.05) is 0 Å². The van der Waals surface area contributed by atoms with Crippen LogP contribution >= 0.6 is 11.6 Å². The molecule has 0 aliphatic carbocycles. The molecule has 0 fully saturated rings. The molecule has 29 heavy (non-hydrogen) atoms. The van der Waals surface area contributed by atoms with Gasteiger partial charge >= 0.3 is 0 Å². The number of amides is 2. The lowest BCUT2D eigenvalue weighted by Crippen LogP contribution is -2.35. The van der Waals surface area contributed by atoms with Crippen molar-refractivity contribution >= 4 is 29.0 Å². The smallest absolute Gasteiger partial charge is 0.273 e. The topological polar surface area (TPSA) is 74.3 Å². The predicted octanol–water partition coefficient (Wildman–Crippen LogP) is 3.11. The van der Waals surface area contributed by atoms with E-state index in [0.717, 1.165) is 4.90 Å². The molecule has 2 amide bonds. The van der Waals surface area contributed by atoms with Gasteiger partial charge in [-0.1, -0.05) is 17.7 Å². The number of nitrogens with zero attached hydrogens (tertiary/aromatic N) is 1. The zero-order chi connectivity index (χ0) is 21.0. The molecule has 1 aliphatic rings. The third kappa shape index (κ3) is 4.14. The summed E-state index contributed by atoms with van der Waals surface area (Å²) in [5.41, 5.74) is 0.603. The predicted molar refractivity (Wildman–Crippen MR) is 108 cm³/mol. The van der Waals surface area contributed by atoms with Crippen LogP contribution in [0.4, 0.5) is 0 Å². The number of imide groups is 1. The van der Waals surface area contributed by atoms with Crippen LogP contribution < -0.4 is 18.9 Å². The summed E-state index contributed by atoms with van der Waals surface area (Å²) in [6.45, 7) is 0.198. The summed E-state index contributed by atoms with van der Waals surface area (Å²) in [4.78, 5) is 26.4. The number of carbonyl (C=O) groups is 2. The van der Waals surface area contributed by atoms with E-state index in [-0.39, 0.29) is 23.8 Å². The van der Waals surface area contributed by atoms with Crippen molar-refractivity contribution in [1.29, 1.82) is 0 Å². The number of carbonyl (C=O) groups excluding carboxylic acids is 2. The molecule has 1 heterocycles. The van der Waals surface area contributed by atoms with Crippen molar-refractivity contribution in [3.8, 4) is 23.0 Å². The summed E-state index contributed by atoms with van der Waals surface area (Å²) in [7, 11) is 4.58. The molecule has 8 heteroatoms. The maximum Gasteiger partial charge on any atom is 0.273 e. The van der Waals surface area contributed by atoms with Crippen LogP contribution in [0.15, 0.2) is 47.5 Å². The second kappa shape index (κ2) is 8.87. The van der Waals surface area contributed by atoms with Crippen molar-refractivity contribution in [3.05, 3.63) is 53.1 Å². The molecular formula is C21H20ClNO6. The molecule has 0 spiro atoms. The van der Waals surface area contributed by atoms with Gasteiger partial charge in [-0.2, -0.15) is 0 Å². The lowest BCUT2D eigenvalue weighted by atomic mass is 10.1. The number of rotatable bonds is 8. The van der Waals surface area contributed by atoms with E-state index in [1.807, 2.05) is 0 Å². The van der Waals surface area contributed by atoms with Gasteiger partial charge in [-0.25, -0.2) is 0 Å². The lowest BCUT2D eigenvalue weighted by molar-refractivity contribution is -0.137. The summed E-state index contributed by atoms with van der Waals surface area (Å²) in [6.07, 6.45) is 0. The van der Waals surface area contributed by atoms with Crippen molar-refractivity contribution in [1.82, 2.24) is 4.90 Å². The van der Waals surface area contributed by atoms with Crippen molar-refractivity contribution in [2.45, 2.75) is 0 Å². The quantitative estimate of drug-likeness (QED) is 0.614. The first-order valence-corrected chi connectivity index (χ1v) is 9.13. The van der Waals surface area contributed by atoms with E-state index in [9.17, 15) is 9.59 Å². The molecule has 0 bridgehead atoms. The van der Waals surface area contributed by atoms with Crippen LogP contribution in [0.5, 0.6) is 23.0 Å². The molecule has 0 atom stereocenters. The van der Waals surface area contributed by atoms with Crippen LogP contribution in [0.25, 0.3) is 5.57 Å². The van der Waals surface area contributed by atoms with Gasteiger partial charge in [-0.05, 0) is 42.0 Å². The summed E-state index contributed by atoms with van der Waals surface area (Å²) < 4.78 is 21.2. The molecule has 152 valence electrons. The number of halogens is 1. The fraction of sp³-hybridized carbons (Fsp3) is 0.238. The first-order valence-electron chi connectivity index (χ1n) is 8.75. The summed E-state index contributed by atoms with van der Waals surface area (Å²) >= 11 is 6.19. The summed E-state index contributed by atoms with van der Waals surface area (Å²) in [6, 6.07) is 11.9. The Morgan fingerprint density at radius 3 is 2.10 bits per heavy atom. The fourth-order valence-corrected chi connectivity index (χ4v) is 3.21. The van der Waals surface area contributed by atoms with E-state index in [0.29, 0.717) is 28.6 Å². The second-order valence-electron chi connectivity index (χ2n) is 6.04. The molecule has 2 aromatic rings. The standard InChI is InChI=1S/C21H20ClNO6/c1-26-14-5-7-15(8-6-14)29-11-10-23-20(24)18(19(22)21(23)25)13-4-9-16(27-2)17(12-13)28-3/h4-9,12H,10-11H2,1-3H3. The number of hydrogen-bond donors (Lipinski definition) is 0. The Bertz CT molecular complexity index is 954. The Labute approximate surface area is 173 Å². The largest absolute Gasteiger partial charge is 0.497 e. The molecule has 2 aromatic carbocycles. The van der Waals surface area contributed by atoms with Gasteiger partial charge in [-0.15, -0.1) is 0 Å². The molecule has 0 unspecified atom stereocenters. The highest BCUT2D eigenvalue weighted by atomic mass is 35.5. The van der Waals surface area contributed by atoms with Crippen LogP contribution in [0.3, 0.4) is 0 Å². The number of benzene rings is 2. The number of ether oxygens (including phenoxy) is 4. The molecule has 0 N–H and O–H groups in total. The highest BCUT2D eigenvalue weighted by Gasteiger charge is 2.38. The van der Waals surface area contributed by atoms with Gasteiger partial charge in [0.1, 0.15) is 23.1 Å². The minimum atomic E-state index is -0.556. The average Bonchev–Trinajstić information content (AvgIpc) is 2.96. The monoisotopic (exact) mass is 417 g/mol. The van der Waals surface area contributed by atoms with Crippen LogP contribution in [-0.2, 0) is 9.59 Å². The van der Waals surface area contributed by atoms with E-state index < -0.39 is 11.8 Å². The van der Waals surface area contributed by atoms with E-state index in [1.54, 1.807) is 49.6 Å². The minimum absolute atomic E-state index is 0.0662. The highest BCUT2D eigenvalue weighted by molar-refractivity contribution is 6.55. The lowest BCUT2D eigenvalue weighted by Gasteiger charge is -2.16. The molecule has 0 saturated heterocycles. The fourth-order valence-electron chi connectivity index (χ4n) is 2.92. The highest BCUT2D eigenvalue weighted by Crippen LogP contribution is 2.36. The van der Waals surface area contributed by atoms with Gasteiger partial charge in [0.2, 0.25) is 0 Å². The molecule has 1 aliphatic heterocycles. The van der Waals surface area contributed by atoms with Crippen LogP contribution in [0, 0.1) is 0 Å². The van der Waals surface area contributed by atoms with Gasteiger partial charge in [-0.3, -0.25) is 14.5 Å². The van der Waals surface area contributed by atoms with E-state index >= 15 is 0 Å². The van der Waals surface area contributed by atoms with Crippen LogP contribution in [0.2, 0.25) is 0 Å². The van der Waals surface area contributed by atoms with E-state index in [2.05, 4.69) is 0 Å². The Hall–Kier alpha value is -3.19. The number of hydrogen-bond acceptors (Lipinski definition) is 6. The van der Waals surface area contributed by atoms with Crippen LogP contribution in [-0.4, -0.2) is 51.2 Å². The first kappa shape index (κ1) is 20.5. The van der Waals surface area contributed by atoms with Crippen molar-refractivity contribution in [2.75, 3.05) is 34.5 Å². The molecule has 3 rings (SSSR count). The van der Waals surface area contributed by atoms with Crippen LogP contribution in [0.1, 0.15) is 5.56 Å². The molecule has 7 nitrogen and oxygen atoms in total. The van der Waals surface area contributed by atoms with Gasteiger partial charge in [0.05, 0.1) is 33.4 Å². The van der Waals surface area contributed by atoms with Crippen molar-refractivity contribution in [2.24, 2.45) is 0 Å². The Morgan fingerprint density at radius 1 is 0.828 bits per heavy atom. The number of methoxy groups -OCH3 is 3. The molecular weight excluding hydrogens is 398 g/mol. The maximum absolute atomic E-state index is 12.8. The average molecular weight is 418 g/mol. The zero-order valence-corrected chi connectivity index (χ0v) is 17.0. The maximum atomic E-state index is 12.8. The third-order valence-electron chi connectivity index (χ3n) is 4.43. The van der Waals surface area contributed by atoms with Crippen molar-refractivity contribution < 1.29 is 28.5 Å². The summed E-state index contributed by atoms with van der Waals surface area (Å²) in [5, 5.41) is -0.133. The zero-order valence-electron chi connectivity index (χ0n) is 16.2. The second-order valence-corrected chi connectivity index (χ2v) is 6.42. The summed E-state index contributed by atoms with van der Waals surface area (Å²) in [5.74, 6) is 1.21. The first-order chi connectivity index (χ1) is 14.0. The Morgan fingerprint density at radius 2 is 1.48 bits per heavy atom. The third-order valence-corrected chi connectivity index (χ3v) is 4.78. The molecule has 0 radical (unpaired) electrons. The van der Waals surface area contributed by atoms with Gasteiger partial charge in [0.25, 0.3) is 11.8 Å². The molecule has 0 saturated carbocycles. The van der Waals surface area contributed by atoms with E-state index in [4.69, 9.17) is 30.5 Å². The van der Waals surface area contributed by atoms with E-state index in [1.165, 1.54) is 14.2 Å². The Kier molecular flexibility index (Phi) is 6.29. The SMILES string of the molecule is COc1ccc(OCCN2C(=O)C(Cl)=C(c3ccc(OC)c(OC)c3)C2=O)cc1. The van der Waals surface area contributed by atoms with Gasteiger partial charge in [0.15, 0.2) is 11.5 Å². The minimum Gasteiger partial charge on any atom is -0.497 e. The molecule has 0 aromatic heterocycles. The van der Waals surface area contributed by atoms with Gasteiger partial charge < -0.3 is 18.9 Å². The van der Waals surface area contributed by atoms with Crippen molar-refractivity contribution in [3.63, 3.8) is 0 Å². The Balaban J connectivity index is 1.71. The normalized spacial score (nSPS) is 13.7.